The lowest BCUT2D eigenvalue weighted by Crippen LogP contribution is -2.56. The van der Waals surface area contributed by atoms with E-state index in [-0.39, 0.29) is 17.4 Å². The van der Waals surface area contributed by atoms with Crippen molar-refractivity contribution in [1.82, 2.24) is 15.5 Å². The number of carbonyl (C=O) groups excluding carboxylic acids is 3. The molecule has 0 bridgehead atoms. The molecule has 1 saturated carbocycles. The summed E-state index contributed by atoms with van der Waals surface area (Å²) in [6, 6.07) is 3.18. The summed E-state index contributed by atoms with van der Waals surface area (Å²) in [5.41, 5.74) is 0.501. The maximum absolute atomic E-state index is 14.0. The van der Waals surface area contributed by atoms with Crippen LogP contribution in [0, 0.1) is 11.2 Å². The van der Waals surface area contributed by atoms with Crippen molar-refractivity contribution < 1.29 is 27.2 Å². The number of piperidine rings is 1. The van der Waals surface area contributed by atoms with Crippen LogP contribution in [0.1, 0.15) is 29.6 Å². The largest absolute Gasteiger partial charge is 0.386 e. The Morgan fingerprint density at radius 1 is 1.26 bits per heavy atom. The Morgan fingerprint density at radius 3 is 2.58 bits per heavy atom. The molecule has 2 atom stereocenters. The molecular formula is C20H25FN4O5S. The molecule has 1 aromatic carbocycles. The normalized spacial score (nSPS) is 26.1. The van der Waals surface area contributed by atoms with Crippen LogP contribution in [0.2, 0.25) is 0 Å². The summed E-state index contributed by atoms with van der Waals surface area (Å²) in [6.07, 6.45) is 2.13. The van der Waals surface area contributed by atoms with Gasteiger partial charge in [-0.15, -0.1) is 0 Å². The molecule has 3 N–H and O–H groups in total. The van der Waals surface area contributed by atoms with Gasteiger partial charge in [0, 0.05) is 31.7 Å². The number of nitrogens with one attached hydrogen (secondary N) is 3. The molecule has 0 aromatic heterocycles. The second-order valence-corrected chi connectivity index (χ2v) is 10.6. The highest BCUT2D eigenvalue weighted by Crippen LogP contribution is 2.54. The first-order valence-electron chi connectivity index (χ1n) is 10.2. The van der Waals surface area contributed by atoms with E-state index >= 15 is 0 Å². The molecule has 4 rings (SSSR count). The summed E-state index contributed by atoms with van der Waals surface area (Å²) in [4.78, 5) is 38.4. The number of halogens is 1. The lowest BCUT2D eigenvalue weighted by molar-refractivity contribution is -0.128. The van der Waals surface area contributed by atoms with Gasteiger partial charge < -0.3 is 20.9 Å². The average molecular weight is 453 g/mol. The number of carbonyl (C=O) groups is 3. The summed E-state index contributed by atoms with van der Waals surface area (Å²) in [7, 11) is -1.97. The molecule has 3 fully saturated rings. The molecule has 2 heterocycles. The van der Waals surface area contributed by atoms with Gasteiger partial charge in [0.15, 0.2) is 9.84 Å². The molecule has 1 aliphatic carbocycles. The zero-order valence-corrected chi connectivity index (χ0v) is 17.9. The Kier molecular flexibility index (Phi) is 5.40. The van der Waals surface area contributed by atoms with Crippen molar-refractivity contribution in [3.63, 3.8) is 0 Å². The molecule has 3 aliphatic rings. The summed E-state index contributed by atoms with van der Waals surface area (Å²) in [5, 5.41) is 8.01. The molecule has 168 valence electrons. The van der Waals surface area contributed by atoms with Gasteiger partial charge in [-0.3, -0.25) is 14.4 Å². The van der Waals surface area contributed by atoms with Crippen LogP contribution in [-0.4, -0.2) is 74.8 Å². The summed E-state index contributed by atoms with van der Waals surface area (Å²) < 4.78 is 37.5. The highest BCUT2D eigenvalue weighted by atomic mass is 32.2. The number of likely N-dealkylation sites (tertiary alicyclic amines) is 1. The molecule has 2 aliphatic heterocycles. The predicted octanol–water partition coefficient (Wildman–Crippen LogP) is -0.108. The fourth-order valence-corrected chi connectivity index (χ4v) is 5.84. The molecule has 1 spiro atoms. The van der Waals surface area contributed by atoms with Crippen molar-refractivity contribution in [1.29, 1.82) is 0 Å². The first kappa shape index (κ1) is 21.5. The van der Waals surface area contributed by atoms with Crippen LogP contribution in [0.3, 0.4) is 0 Å². The maximum Gasteiger partial charge on any atom is 0.253 e. The van der Waals surface area contributed by atoms with E-state index in [1.54, 1.807) is 18.0 Å². The van der Waals surface area contributed by atoms with Gasteiger partial charge in [-0.2, -0.15) is 0 Å². The maximum atomic E-state index is 14.0. The van der Waals surface area contributed by atoms with Gasteiger partial charge in [-0.05, 0) is 42.9 Å². The van der Waals surface area contributed by atoms with Crippen LogP contribution in [0.15, 0.2) is 18.2 Å². The number of sulfone groups is 1. The number of nitrogens with zero attached hydrogens (tertiary/aromatic N) is 1. The van der Waals surface area contributed by atoms with E-state index < -0.39 is 45.0 Å². The quantitative estimate of drug-likeness (QED) is 0.586. The van der Waals surface area contributed by atoms with Crippen molar-refractivity contribution >= 4 is 33.2 Å². The third-order valence-electron chi connectivity index (χ3n) is 6.46. The van der Waals surface area contributed by atoms with Gasteiger partial charge in [0.05, 0.1) is 11.4 Å². The molecule has 9 nitrogen and oxygen atoms in total. The van der Waals surface area contributed by atoms with Crippen LogP contribution < -0.4 is 16.0 Å². The van der Waals surface area contributed by atoms with Crippen molar-refractivity contribution in [2.24, 2.45) is 5.41 Å². The first-order valence-corrected chi connectivity index (χ1v) is 12.0. The van der Waals surface area contributed by atoms with Crippen molar-refractivity contribution in [2.75, 3.05) is 37.0 Å². The van der Waals surface area contributed by atoms with E-state index in [0.29, 0.717) is 37.2 Å². The number of hydrogen-bond acceptors (Lipinski definition) is 6. The second-order valence-electron chi connectivity index (χ2n) is 8.54. The highest BCUT2D eigenvalue weighted by Gasteiger charge is 2.56. The van der Waals surface area contributed by atoms with E-state index in [1.807, 2.05) is 0 Å². The Balaban J connectivity index is 1.31. The Hall–Kier alpha value is -2.69. The number of benzene rings is 1. The highest BCUT2D eigenvalue weighted by molar-refractivity contribution is 7.92. The van der Waals surface area contributed by atoms with E-state index in [4.69, 9.17) is 0 Å². The third kappa shape index (κ3) is 4.36. The molecule has 11 heteroatoms. The smallest absolute Gasteiger partial charge is 0.253 e. The fourth-order valence-electron chi connectivity index (χ4n) is 4.50. The minimum Gasteiger partial charge on any atom is -0.386 e. The van der Waals surface area contributed by atoms with Crippen LogP contribution in [-0.2, 0) is 19.4 Å². The Morgan fingerprint density at radius 2 is 1.97 bits per heavy atom. The number of rotatable bonds is 4. The molecule has 3 amide bonds. The van der Waals surface area contributed by atoms with Gasteiger partial charge in [-0.25, -0.2) is 12.8 Å². The fraction of sp³-hybridized carbons (Fsp3) is 0.550. The van der Waals surface area contributed by atoms with Crippen LogP contribution in [0.4, 0.5) is 10.1 Å². The van der Waals surface area contributed by atoms with Crippen molar-refractivity contribution in [3.8, 4) is 0 Å². The molecule has 1 unspecified atom stereocenters. The lowest BCUT2D eigenvalue weighted by Gasteiger charge is -2.33. The number of amides is 3. The number of anilines is 1. The first-order chi connectivity index (χ1) is 14.6. The monoisotopic (exact) mass is 452 g/mol. The van der Waals surface area contributed by atoms with Gasteiger partial charge in [0.25, 0.3) is 5.91 Å². The Labute approximate surface area is 179 Å². The minimum absolute atomic E-state index is 0.105. The predicted molar refractivity (Wildman–Crippen MR) is 111 cm³/mol. The van der Waals surface area contributed by atoms with E-state index in [9.17, 15) is 27.2 Å². The molecule has 1 aromatic rings. The van der Waals surface area contributed by atoms with Crippen LogP contribution in [0.25, 0.3) is 0 Å². The summed E-state index contributed by atoms with van der Waals surface area (Å²) in [5.74, 6) is -2.85. The standard InChI is InChI=1S/C20H25FN4O5S/c1-22-14-3-2-12(8-13(14)21)19(28)25-6-4-20(5-7-25)9-16(20)24-18(27)15-10-31(29,30)11-17(26)23-15/h2-3,8,15-16,22H,4-7,9-11H2,1H3,(H,23,26)(H,24,27)/t15-,16?/m0/s1. The molecular weight excluding hydrogens is 427 g/mol. The van der Waals surface area contributed by atoms with E-state index in [0.717, 1.165) is 6.42 Å². The zero-order valence-electron chi connectivity index (χ0n) is 17.1. The molecule has 31 heavy (non-hydrogen) atoms. The zero-order chi connectivity index (χ0) is 22.4. The van der Waals surface area contributed by atoms with Crippen molar-refractivity contribution in [3.05, 3.63) is 29.6 Å². The van der Waals surface area contributed by atoms with E-state index in [2.05, 4.69) is 16.0 Å². The van der Waals surface area contributed by atoms with Crippen molar-refractivity contribution in [2.45, 2.75) is 31.3 Å². The van der Waals surface area contributed by atoms with Gasteiger partial charge in [0.2, 0.25) is 11.8 Å². The Bertz CT molecular complexity index is 1040. The number of hydrogen-bond donors (Lipinski definition) is 3. The van der Waals surface area contributed by atoms with Gasteiger partial charge in [0.1, 0.15) is 17.6 Å². The third-order valence-corrected chi connectivity index (χ3v) is 8.00. The molecule has 2 saturated heterocycles. The topological polar surface area (TPSA) is 125 Å². The van der Waals surface area contributed by atoms with Crippen LogP contribution in [0.5, 0.6) is 0 Å². The SMILES string of the molecule is CNc1ccc(C(=O)N2CCC3(CC2)CC3NC(=O)[C@@H]2CS(=O)(=O)CC(=O)N2)cc1F. The molecule has 0 radical (unpaired) electrons. The summed E-state index contributed by atoms with van der Waals surface area (Å²) in [6.45, 7) is 0.990. The van der Waals surface area contributed by atoms with Gasteiger partial charge >= 0.3 is 0 Å². The van der Waals surface area contributed by atoms with E-state index in [1.165, 1.54) is 12.1 Å². The second kappa shape index (κ2) is 7.77. The summed E-state index contributed by atoms with van der Waals surface area (Å²) >= 11 is 0. The lowest BCUT2D eigenvalue weighted by atomic mass is 9.92. The van der Waals surface area contributed by atoms with Gasteiger partial charge in [-0.1, -0.05) is 0 Å². The minimum atomic E-state index is -3.57. The van der Waals surface area contributed by atoms with Crippen LogP contribution >= 0.6 is 0 Å². The average Bonchev–Trinajstić information content (AvgIpc) is 3.37.